The number of aldehydes is 1. The van der Waals surface area contributed by atoms with Crippen LogP contribution in [0, 0.1) is 0 Å². The van der Waals surface area contributed by atoms with Crippen LogP contribution in [0.2, 0.25) is 0 Å². The lowest BCUT2D eigenvalue weighted by Crippen LogP contribution is -2.05. The summed E-state index contributed by atoms with van der Waals surface area (Å²) in [6.45, 7) is 0.276. The van der Waals surface area contributed by atoms with Crippen LogP contribution in [0.5, 0.6) is 5.75 Å². The molecule has 1 aromatic rings. The van der Waals surface area contributed by atoms with Crippen LogP contribution in [0.25, 0.3) is 0 Å². The number of nitrogens with two attached hydrogens (primary N) is 1. The van der Waals surface area contributed by atoms with Crippen LogP contribution in [0.3, 0.4) is 0 Å². The number of rotatable bonds is 4. The van der Waals surface area contributed by atoms with E-state index in [4.69, 9.17) is 10.5 Å². The quantitative estimate of drug-likeness (QED) is 0.719. The normalized spacial score (nSPS) is 15.2. The molecular weight excluding hydrogens is 180 g/mol. The van der Waals surface area contributed by atoms with Gasteiger partial charge in [0.15, 0.2) is 6.29 Å². The Kier molecular flexibility index (Phi) is 2.45. The zero-order valence-electron chi connectivity index (χ0n) is 7.77. The van der Waals surface area contributed by atoms with Gasteiger partial charge in [0.05, 0.1) is 18.0 Å². The van der Waals surface area contributed by atoms with Gasteiger partial charge in [0.25, 0.3) is 0 Å². The summed E-state index contributed by atoms with van der Waals surface area (Å²) in [4.78, 5) is 14.8. The summed E-state index contributed by atoms with van der Waals surface area (Å²) in [5, 5.41) is 0. The molecule has 2 rings (SSSR count). The SMILES string of the molecule is NCc1ncc(OC2CC2)cc1C=O. The van der Waals surface area contributed by atoms with Gasteiger partial charge in [0, 0.05) is 12.1 Å². The molecule has 0 saturated heterocycles. The van der Waals surface area contributed by atoms with E-state index in [1.165, 1.54) is 0 Å². The van der Waals surface area contributed by atoms with Crippen LogP contribution in [0.15, 0.2) is 12.3 Å². The van der Waals surface area contributed by atoms with Crippen molar-refractivity contribution in [1.82, 2.24) is 4.98 Å². The molecule has 0 aliphatic heterocycles. The number of hydrogen-bond acceptors (Lipinski definition) is 4. The van der Waals surface area contributed by atoms with Crippen molar-refractivity contribution >= 4 is 6.29 Å². The molecule has 4 nitrogen and oxygen atoms in total. The molecule has 0 bridgehead atoms. The van der Waals surface area contributed by atoms with Gasteiger partial charge in [0.1, 0.15) is 5.75 Å². The Labute approximate surface area is 82.1 Å². The van der Waals surface area contributed by atoms with Gasteiger partial charge in [-0.15, -0.1) is 0 Å². The Bertz CT molecular complexity index is 348. The maximum atomic E-state index is 10.7. The standard InChI is InChI=1S/C10H12N2O2/c11-4-10-7(6-13)3-9(5-12-10)14-8-1-2-8/h3,5-6,8H,1-2,4,11H2. The fraction of sp³-hybridized carbons (Fsp3) is 0.400. The van der Waals surface area contributed by atoms with Crippen molar-refractivity contribution in [2.45, 2.75) is 25.5 Å². The molecule has 1 heterocycles. The van der Waals surface area contributed by atoms with E-state index in [0.717, 1.165) is 19.1 Å². The van der Waals surface area contributed by atoms with E-state index in [1.54, 1.807) is 12.3 Å². The molecule has 1 saturated carbocycles. The molecule has 0 radical (unpaired) electrons. The molecule has 0 spiro atoms. The fourth-order valence-corrected chi connectivity index (χ4v) is 1.21. The second-order valence-electron chi connectivity index (χ2n) is 3.35. The average Bonchev–Trinajstić information content (AvgIpc) is 3.01. The first kappa shape index (κ1) is 9.15. The summed E-state index contributed by atoms with van der Waals surface area (Å²) in [5.74, 6) is 0.659. The molecule has 0 amide bonds. The minimum atomic E-state index is 0.276. The smallest absolute Gasteiger partial charge is 0.152 e. The van der Waals surface area contributed by atoms with Crippen LogP contribution >= 0.6 is 0 Å². The van der Waals surface area contributed by atoms with Gasteiger partial charge in [-0.1, -0.05) is 0 Å². The van der Waals surface area contributed by atoms with Crippen molar-refractivity contribution in [2.75, 3.05) is 0 Å². The summed E-state index contributed by atoms with van der Waals surface area (Å²) in [7, 11) is 0. The van der Waals surface area contributed by atoms with Gasteiger partial charge in [-0.3, -0.25) is 9.78 Å². The molecule has 1 aromatic heterocycles. The molecule has 1 aliphatic carbocycles. The number of pyridine rings is 1. The van der Waals surface area contributed by atoms with Gasteiger partial charge in [-0.2, -0.15) is 0 Å². The number of carbonyl (C=O) groups excluding carboxylic acids is 1. The lowest BCUT2D eigenvalue weighted by molar-refractivity contribution is 0.112. The maximum Gasteiger partial charge on any atom is 0.152 e. The molecule has 0 atom stereocenters. The predicted molar refractivity (Wildman–Crippen MR) is 51.2 cm³/mol. The van der Waals surface area contributed by atoms with Gasteiger partial charge >= 0.3 is 0 Å². The second-order valence-corrected chi connectivity index (χ2v) is 3.35. The van der Waals surface area contributed by atoms with E-state index in [9.17, 15) is 4.79 Å². The molecule has 1 aliphatic rings. The topological polar surface area (TPSA) is 65.2 Å². The third kappa shape index (κ3) is 1.90. The first-order chi connectivity index (χ1) is 6.83. The molecule has 1 fully saturated rings. The highest BCUT2D eigenvalue weighted by Crippen LogP contribution is 2.26. The van der Waals surface area contributed by atoms with E-state index >= 15 is 0 Å². The maximum absolute atomic E-state index is 10.7. The summed E-state index contributed by atoms with van der Waals surface area (Å²) < 4.78 is 5.51. The van der Waals surface area contributed by atoms with Crippen LogP contribution in [-0.2, 0) is 6.54 Å². The number of hydrogen-bond donors (Lipinski definition) is 1. The van der Waals surface area contributed by atoms with Gasteiger partial charge in [-0.25, -0.2) is 0 Å². The van der Waals surface area contributed by atoms with E-state index in [-0.39, 0.29) is 6.54 Å². The first-order valence-corrected chi connectivity index (χ1v) is 4.64. The molecular formula is C10H12N2O2. The molecule has 0 aromatic carbocycles. The van der Waals surface area contributed by atoms with Gasteiger partial charge in [0.2, 0.25) is 0 Å². The van der Waals surface area contributed by atoms with Crippen LogP contribution in [-0.4, -0.2) is 17.4 Å². The molecule has 0 unspecified atom stereocenters. The minimum Gasteiger partial charge on any atom is -0.489 e. The first-order valence-electron chi connectivity index (χ1n) is 4.64. The van der Waals surface area contributed by atoms with Gasteiger partial charge in [-0.05, 0) is 18.9 Å². The summed E-state index contributed by atoms with van der Waals surface area (Å²) in [6.07, 6.45) is 4.88. The van der Waals surface area contributed by atoms with Gasteiger partial charge < -0.3 is 10.5 Å². The number of carbonyl (C=O) groups is 1. The summed E-state index contributed by atoms with van der Waals surface area (Å²) >= 11 is 0. The minimum absolute atomic E-state index is 0.276. The monoisotopic (exact) mass is 192 g/mol. The molecule has 14 heavy (non-hydrogen) atoms. The van der Waals surface area contributed by atoms with E-state index in [2.05, 4.69) is 4.98 Å². The molecule has 2 N–H and O–H groups in total. The number of ether oxygens (including phenoxy) is 1. The Morgan fingerprint density at radius 1 is 1.64 bits per heavy atom. The Morgan fingerprint density at radius 3 is 3.00 bits per heavy atom. The second kappa shape index (κ2) is 3.75. The molecule has 74 valence electrons. The van der Waals surface area contributed by atoms with E-state index in [1.807, 2.05) is 0 Å². The zero-order valence-corrected chi connectivity index (χ0v) is 7.77. The van der Waals surface area contributed by atoms with Crippen LogP contribution < -0.4 is 10.5 Å². The summed E-state index contributed by atoms with van der Waals surface area (Å²) in [6, 6.07) is 1.69. The Morgan fingerprint density at radius 2 is 2.43 bits per heavy atom. The van der Waals surface area contributed by atoms with Crippen molar-refractivity contribution in [3.63, 3.8) is 0 Å². The predicted octanol–water partition coefficient (Wildman–Crippen LogP) is 0.894. The largest absolute Gasteiger partial charge is 0.489 e. The average molecular weight is 192 g/mol. The van der Waals surface area contributed by atoms with Crippen molar-refractivity contribution < 1.29 is 9.53 Å². The van der Waals surface area contributed by atoms with Crippen molar-refractivity contribution in [3.05, 3.63) is 23.5 Å². The zero-order chi connectivity index (χ0) is 9.97. The Hall–Kier alpha value is -1.42. The summed E-state index contributed by atoms with van der Waals surface area (Å²) in [5.41, 5.74) is 6.56. The fourth-order valence-electron chi connectivity index (χ4n) is 1.21. The Balaban J connectivity index is 2.21. The van der Waals surface area contributed by atoms with Crippen LogP contribution in [0.1, 0.15) is 28.9 Å². The third-order valence-corrected chi connectivity index (χ3v) is 2.13. The highest BCUT2D eigenvalue weighted by molar-refractivity contribution is 5.77. The molecule has 4 heteroatoms. The van der Waals surface area contributed by atoms with E-state index in [0.29, 0.717) is 23.1 Å². The van der Waals surface area contributed by atoms with Crippen LogP contribution in [0.4, 0.5) is 0 Å². The third-order valence-electron chi connectivity index (χ3n) is 2.13. The lowest BCUT2D eigenvalue weighted by atomic mass is 10.2. The number of nitrogens with zero attached hydrogens (tertiary/aromatic N) is 1. The van der Waals surface area contributed by atoms with E-state index < -0.39 is 0 Å². The van der Waals surface area contributed by atoms with Crippen molar-refractivity contribution in [3.8, 4) is 5.75 Å². The van der Waals surface area contributed by atoms with Crippen molar-refractivity contribution in [1.29, 1.82) is 0 Å². The highest BCUT2D eigenvalue weighted by Gasteiger charge is 2.23. The highest BCUT2D eigenvalue weighted by atomic mass is 16.5. The number of aromatic nitrogens is 1. The van der Waals surface area contributed by atoms with Crippen molar-refractivity contribution in [2.24, 2.45) is 5.73 Å². The lowest BCUT2D eigenvalue weighted by Gasteiger charge is -2.06.